The molecule has 0 spiro atoms. The van der Waals surface area contributed by atoms with Crippen LogP contribution in [-0.4, -0.2) is 35.7 Å². The van der Waals surface area contributed by atoms with Crippen LogP contribution in [0.2, 0.25) is 0 Å². The van der Waals surface area contributed by atoms with Gasteiger partial charge in [-0.25, -0.2) is 0 Å². The van der Waals surface area contributed by atoms with Crippen molar-refractivity contribution in [3.05, 3.63) is 15.9 Å². The zero-order valence-corrected chi connectivity index (χ0v) is 12.8. The van der Waals surface area contributed by atoms with Gasteiger partial charge in [0.1, 0.15) is 0 Å². The van der Waals surface area contributed by atoms with Crippen LogP contribution >= 0.6 is 28.3 Å². The summed E-state index contributed by atoms with van der Waals surface area (Å²) in [5.41, 5.74) is 1.51. The molecule has 0 aromatic carbocycles. The first-order valence-corrected chi connectivity index (χ1v) is 6.62. The number of aromatic amines is 1. The molecule has 3 N–H and O–H groups in total. The second-order valence-corrected chi connectivity index (χ2v) is 5.27. The number of nitrogens with one attached hydrogen (secondary N) is 3. The van der Waals surface area contributed by atoms with Gasteiger partial charge in [0.05, 0.1) is 10.2 Å². The molecule has 1 aliphatic carbocycles. The highest BCUT2D eigenvalue weighted by atomic mass is 79.9. The van der Waals surface area contributed by atoms with E-state index in [4.69, 9.17) is 0 Å². The minimum atomic E-state index is -0.137. The van der Waals surface area contributed by atoms with Gasteiger partial charge in [-0.15, -0.1) is 12.4 Å². The molecule has 1 aromatic rings. The maximum absolute atomic E-state index is 11.9. The molecule has 1 aromatic heterocycles. The van der Waals surface area contributed by atoms with Gasteiger partial charge in [0.2, 0.25) is 0 Å². The average Bonchev–Trinajstić information content (AvgIpc) is 3.09. The Morgan fingerprint density at radius 1 is 1.61 bits per heavy atom. The Bertz CT molecular complexity index is 419. The number of rotatable bonds is 5. The Morgan fingerprint density at radius 3 is 2.83 bits per heavy atom. The molecule has 18 heavy (non-hydrogen) atoms. The van der Waals surface area contributed by atoms with E-state index in [1.807, 2.05) is 14.0 Å². The van der Waals surface area contributed by atoms with Crippen molar-refractivity contribution >= 4 is 34.2 Å². The number of amides is 1. The number of carbonyl (C=O) groups is 1. The molecule has 0 saturated heterocycles. The molecule has 1 atom stereocenters. The van der Waals surface area contributed by atoms with Crippen molar-refractivity contribution in [1.82, 2.24) is 20.8 Å². The van der Waals surface area contributed by atoms with E-state index in [1.54, 1.807) is 0 Å². The molecule has 0 aliphatic heterocycles. The van der Waals surface area contributed by atoms with Gasteiger partial charge in [-0.05, 0) is 42.7 Å². The van der Waals surface area contributed by atoms with Gasteiger partial charge < -0.3 is 10.6 Å². The van der Waals surface area contributed by atoms with Gasteiger partial charge in [0.25, 0.3) is 5.91 Å². The minimum absolute atomic E-state index is 0. The predicted octanol–water partition coefficient (Wildman–Crippen LogP) is 1.81. The van der Waals surface area contributed by atoms with Crippen molar-refractivity contribution in [2.24, 2.45) is 0 Å². The van der Waals surface area contributed by atoms with Crippen molar-refractivity contribution in [2.75, 3.05) is 13.6 Å². The molecule has 1 aliphatic rings. The highest BCUT2D eigenvalue weighted by molar-refractivity contribution is 9.10. The van der Waals surface area contributed by atoms with Crippen LogP contribution in [0.4, 0.5) is 0 Å². The monoisotopic (exact) mass is 336 g/mol. The third-order valence-corrected chi connectivity index (χ3v) is 3.80. The number of H-pyrrole nitrogens is 1. The topological polar surface area (TPSA) is 69.8 Å². The fourth-order valence-corrected chi connectivity index (χ4v) is 2.25. The Hall–Kier alpha value is -0.590. The van der Waals surface area contributed by atoms with Gasteiger partial charge >= 0.3 is 0 Å². The lowest BCUT2D eigenvalue weighted by Crippen LogP contribution is -2.37. The maximum Gasteiger partial charge on any atom is 0.273 e. The zero-order valence-electron chi connectivity index (χ0n) is 10.4. The van der Waals surface area contributed by atoms with Crippen LogP contribution in [-0.2, 0) is 0 Å². The molecule has 0 radical (unpaired) electrons. The lowest BCUT2D eigenvalue weighted by Gasteiger charge is -2.10. The first kappa shape index (κ1) is 15.5. The largest absolute Gasteiger partial charge is 0.349 e. The quantitative estimate of drug-likeness (QED) is 0.767. The van der Waals surface area contributed by atoms with Crippen molar-refractivity contribution in [1.29, 1.82) is 0 Å². The standard InChI is InChI=1S/C11H17BrN4O.ClH/c1-6(13-2)5-14-11(17)10-8(12)9(15-16-10)7-3-4-7;/h6-7,13H,3-5H2,1-2H3,(H,14,17)(H,15,16);1H. The Morgan fingerprint density at radius 2 is 2.28 bits per heavy atom. The number of aromatic nitrogens is 2. The summed E-state index contributed by atoms with van der Waals surface area (Å²) >= 11 is 3.45. The van der Waals surface area contributed by atoms with Crippen LogP contribution in [0.5, 0.6) is 0 Å². The summed E-state index contributed by atoms with van der Waals surface area (Å²) in [5.74, 6) is 0.414. The van der Waals surface area contributed by atoms with Gasteiger partial charge in [0.15, 0.2) is 5.69 Å². The molecule has 2 rings (SSSR count). The van der Waals surface area contributed by atoms with E-state index in [2.05, 4.69) is 36.8 Å². The van der Waals surface area contributed by atoms with Gasteiger partial charge in [-0.1, -0.05) is 0 Å². The van der Waals surface area contributed by atoms with Crippen molar-refractivity contribution in [3.8, 4) is 0 Å². The first-order chi connectivity index (χ1) is 8.13. The number of hydrogen-bond donors (Lipinski definition) is 3. The molecule has 1 saturated carbocycles. The number of halogens is 2. The van der Waals surface area contributed by atoms with E-state index < -0.39 is 0 Å². The summed E-state index contributed by atoms with van der Waals surface area (Å²) in [5, 5.41) is 12.9. The van der Waals surface area contributed by atoms with Crippen LogP contribution in [0, 0.1) is 0 Å². The summed E-state index contributed by atoms with van der Waals surface area (Å²) in [6.45, 7) is 2.60. The fraction of sp³-hybridized carbons (Fsp3) is 0.636. The smallest absolute Gasteiger partial charge is 0.273 e. The third kappa shape index (κ3) is 3.46. The predicted molar refractivity (Wildman–Crippen MR) is 76.4 cm³/mol. The molecule has 7 heteroatoms. The highest BCUT2D eigenvalue weighted by Crippen LogP contribution is 2.42. The summed E-state index contributed by atoms with van der Waals surface area (Å²) in [4.78, 5) is 11.9. The second-order valence-electron chi connectivity index (χ2n) is 4.47. The van der Waals surface area contributed by atoms with E-state index in [9.17, 15) is 4.79 Å². The lowest BCUT2D eigenvalue weighted by atomic mass is 10.2. The zero-order chi connectivity index (χ0) is 12.4. The normalized spacial score (nSPS) is 15.9. The number of likely N-dealkylation sites (N-methyl/N-ethyl adjacent to an activating group) is 1. The third-order valence-electron chi connectivity index (χ3n) is 2.99. The fourth-order valence-electron chi connectivity index (χ4n) is 1.57. The van der Waals surface area contributed by atoms with Gasteiger partial charge in [-0.2, -0.15) is 5.10 Å². The molecule has 1 heterocycles. The van der Waals surface area contributed by atoms with E-state index in [-0.39, 0.29) is 24.4 Å². The molecule has 1 amide bonds. The second kappa shape index (κ2) is 6.54. The number of carbonyl (C=O) groups excluding carboxylic acids is 1. The molecule has 1 unspecified atom stereocenters. The SMILES string of the molecule is CNC(C)CNC(=O)c1n[nH]c(C2CC2)c1Br.Cl. The summed E-state index contributed by atoms with van der Waals surface area (Å²) < 4.78 is 0.814. The number of hydrogen-bond acceptors (Lipinski definition) is 3. The van der Waals surface area contributed by atoms with Crippen LogP contribution < -0.4 is 10.6 Å². The minimum Gasteiger partial charge on any atom is -0.349 e. The number of nitrogens with zero attached hydrogens (tertiary/aromatic N) is 1. The Labute approximate surface area is 121 Å². The van der Waals surface area contributed by atoms with E-state index >= 15 is 0 Å². The molecule has 102 valence electrons. The van der Waals surface area contributed by atoms with Crippen LogP contribution in [0.25, 0.3) is 0 Å². The average molecular weight is 338 g/mol. The van der Waals surface area contributed by atoms with Crippen LogP contribution in [0.3, 0.4) is 0 Å². The highest BCUT2D eigenvalue weighted by Gasteiger charge is 2.30. The summed E-state index contributed by atoms with van der Waals surface area (Å²) in [7, 11) is 1.87. The van der Waals surface area contributed by atoms with Gasteiger partial charge in [-0.3, -0.25) is 9.89 Å². The molecule has 0 bridgehead atoms. The summed E-state index contributed by atoms with van der Waals surface area (Å²) in [6, 6.07) is 0.250. The van der Waals surface area contributed by atoms with E-state index in [0.29, 0.717) is 18.2 Å². The molecular weight excluding hydrogens is 320 g/mol. The first-order valence-electron chi connectivity index (χ1n) is 5.82. The molecular formula is C11H18BrClN4O. The van der Waals surface area contributed by atoms with Crippen molar-refractivity contribution < 1.29 is 4.79 Å². The van der Waals surface area contributed by atoms with Gasteiger partial charge in [0, 0.05) is 18.5 Å². The van der Waals surface area contributed by atoms with Crippen molar-refractivity contribution in [2.45, 2.75) is 31.7 Å². The van der Waals surface area contributed by atoms with Crippen LogP contribution in [0.1, 0.15) is 41.9 Å². The van der Waals surface area contributed by atoms with Crippen molar-refractivity contribution in [3.63, 3.8) is 0 Å². The lowest BCUT2D eigenvalue weighted by molar-refractivity contribution is 0.0945. The summed E-state index contributed by atoms with van der Waals surface area (Å²) in [6.07, 6.45) is 2.36. The van der Waals surface area contributed by atoms with E-state index in [1.165, 1.54) is 12.8 Å². The Kier molecular flexibility index (Phi) is 5.62. The molecule has 1 fully saturated rings. The van der Waals surface area contributed by atoms with E-state index in [0.717, 1.165) is 10.2 Å². The Balaban J connectivity index is 0.00000162. The van der Waals surface area contributed by atoms with Crippen LogP contribution in [0.15, 0.2) is 4.47 Å². The molecule has 5 nitrogen and oxygen atoms in total. The maximum atomic E-state index is 11.9.